The number of hydrogen-bond donors (Lipinski definition) is 1. The molecule has 3 heteroatoms. The second-order valence-corrected chi connectivity index (χ2v) is 3.19. The molecular weight excluding hydrogens is 156 g/mol. The van der Waals surface area contributed by atoms with Gasteiger partial charge in [0.1, 0.15) is 6.10 Å². The van der Waals surface area contributed by atoms with Gasteiger partial charge in [-0.1, -0.05) is 13.3 Å². The average Bonchev–Trinajstić information content (AvgIpc) is 2.46. The molecule has 0 unspecified atom stereocenters. The minimum atomic E-state index is -0.313. The third-order valence-electron chi connectivity index (χ3n) is 2.10. The highest BCUT2D eigenvalue weighted by Crippen LogP contribution is 2.13. The first-order valence-electron chi connectivity index (χ1n) is 4.72. The van der Waals surface area contributed by atoms with Gasteiger partial charge in [0.25, 0.3) is 0 Å². The van der Waals surface area contributed by atoms with Gasteiger partial charge in [-0.05, 0) is 12.8 Å². The van der Waals surface area contributed by atoms with Gasteiger partial charge in [-0.15, -0.1) is 0 Å². The minimum Gasteiger partial charge on any atom is -0.390 e. The van der Waals surface area contributed by atoms with Crippen LogP contribution in [0.5, 0.6) is 0 Å². The summed E-state index contributed by atoms with van der Waals surface area (Å²) < 4.78 is 10.6. The maximum absolute atomic E-state index is 9.34. The quantitative estimate of drug-likeness (QED) is 0.631. The molecule has 0 aromatic carbocycles. The van der Waals surface area contributed by atoms with Crippen LogP contribution in [-0.4, -0.2) is 37.1 Å². The zero-order valence-corrected chi connectivity index (χ0v) is 7.66. The summed E-state index contributed by atoms with van der Waals surface area (Å²) in [7, 11) is 0. The molecule has 1 saturated heterocycles. The van der Waals surface area contributed by atoms with Crippen LogP contribution in [0.3, 0.4) is 0 Å². The van der Waals surface area contributed by atoms with Crippen LogP contribution in [0.25, 0.3) is 0 Å². The summed E-state index contributed by atoms with van der Waals surface area (Å²) in [6.07, 6.45) is 2.59. The molecule has 1 N–H and O–H groups in total. The van der Waals surface area contributed by atoms with Gasteiger partial charge in [0, 0.05) is 13.2 Å². The van der Waals surface area contributed by atoms with Crippen molar-refractivity contribution in [3.05, 3.63) is 0 Å². The lowest BCUT2D eigenvalue weighted by atomic mass is 10.2. The average molecular weight is 174 g/mol. The van der Waals surface area contributed by atoms with Crippen molar-refractivity contribution in [2.24, 2.45) is 0 Å². The van der Waals surface area contributed by atoms with Crippen molar-refractivity contribution in [2.45, 2.75) is 38.4 Å². The lowest BCUT2D eigenvalue weighted by molar-refractivity contribution is -0.0244. The molecule has 0 aliphatic carbocycles. The molecule has 1 heterocycles. The lowest BCUT2D eigenvalue weighted by Gasteiger charge is -2.13. The molecule has 3 nitrogen and oxygen atoms in total. The first-order valence-corrected chi connectivity index (χ1v) is 4.72. The largest absolute Gasteiger partial charge is 0.390 e. The molecule has 1 aliphatic rings. The predicted molar refractivity (Wildman–Crippen MR) is 46.1 cm³/mol. The van der Waals surface area contributed by atoms with E-state index in [4.69, 9.17) is 9.47 Å². The monoisotopic (exact) mass is 174 g/mol. The van der Waals surface area contributed by atoms with Gasteiger partial charge in [0.15, 0.2) is 0 Å². The van der Waals surface area contributed by atoms with E-state index in [9.17, 15) is 5.11 Å². The summed E-state index contributed by atoms with van der Waals surface area (Å²) >= 11 is 0. The highest BCUT2D eigenvalue weighted by molar-refractivity contribution is 4.74. The molecule has 0 aromatic rings. The number of hydrogen-bond acceptors (Lipinski definition) is 3. The van der Waals surface area contributed by atoms with E-state index in [0.717, 1.165) is 25.9 Å². The van der Waals surface area contributed by atoms with Crippen molar-refractivity contribution in [3.8, 4) is 0 Å². The Kier molecular flexibility index (Phi) is 4.58. The van der Waals surface area contributed by atoms with Crippen LogP contribution in [0.1, 0.15) is 26.2 Å². The van der Waals surface area contributed by atoms with E-state index in [1.807, 2.05) is 0 Å². The highest BCUT2D eigenvalue weighted by atomic mass is 16.5. The van der Waals surface area contributed by atoms with Crippen LogP contribution in [0.4, 0.5) is 0 Å². The Hall–Kier alpha value is -0.120. The molecule has 0 spiro atoms. The van der Waals surface area contributed by atoms with Crippen molar-refractivity contribution in [1.29, 1.82) is 0 Å². The Balaban J connectivity index is 1.98. The van der Waals surface area contributed by atoms with E-state index in [1.165, 1.54) is 0 Å². The van der Waals surface area contributed by atoms with Crippen molar-refractivity contribution in [3.63, 3.8) is 0 Å². The van der Waals surface area contributed by atoms with Gasteiger partial charge < -0.3 is 14.6 Å². The number of rotatable bonds is 5. The van der Waals surface area contributed by atoms with Crippen molar-refractivity contribution < 1.29 is 14.6 Å². The predicted octanol–water partition coefficient (Wildman–Crippen LogP) is 0.953. The normalized spacial score (nSPS) is 29.5. The van der Waals surface area contributed by atoms with Gasteiger partial charge in [0.05, 0.1) is 12.7 Å². The van der Waals surface area contributed by atoms with Gasteiger partial charge in [-0.25, -0.2) is 0 Å². The van der Waals surface area contributed by atoms with E-state index < -0.39 is 0 Å². The molecule has 0 radical (unpaired) electrons. The molecule has 2 atom stereocenters. The SMILES string of the molecule is CCCCOC[C@H]1OCC[C@@H]1O. The van der Waals surface area contributed by atoms with E-state index in [0.29, 0.717) is 13.2 Å². The van der Waals surface area contributed by atoms with Gasteiger partial charge in [0.2, 0.25) is 0 Å². The summed E-state index contributed by atoms with van der Waals surface area (Å²) in [6.45, 7) is 4.12. The Morgan fingerprint density at radius 2 is 2.42 bits per heavy atom. The molecule has 1 aliphatic heterocycles. The molecule has 0 bridgehead atoms. The molecule has 0 amide bonds. The molecule has 1 rings (SSSR count). The molecular formula is C9H18O3. The smallest absolute Gasteiger partial charge is 0.107 e. The fraction of sp³-hybridized carbons (Fsp3) is 1.00. The first-order chi connectivity index (χ1) is 5.84. The van der Waals surface area contributed by atoms with E-state index in [1.54, 1.807) is 0 Å². The number of aliphatic hydroxyl groups is 1. The van der Waals surface area contributed by atoms with Crippen molar-refractivity contribution >= 4 is 0 Å². The third-order valence-corrected chi connectivity index (χ3v) is 2.10. The standard InChI is InChI=1S/C9H18O3/c1-2-3-5-11-7-9-8(10)4-6-12-9/h8-10H,2-7H2,1H3/t8-,9+/m0/s1. The highest BCUT2D eigenvalue weighted by Gasteiger charge is 2.25. The van der Waals surface area contributed by atoms with Gasteiger partial charge in [-0.2, -0.15) is 0 Å². The van der Waals surface area contributed by atoms with Crippen LogP contribution >= 0.6 is 0 Å². The van der Waals surface area contributed by atoms with E-state index in [-0.39, 0.29) is 12.2 Å². The topological polar surface area (TPSA) is 38.7 Å². The van der Waals surface area contributed by atoms with E-state index in [2.05, 4.69) is 6.92 Å². The Morgan fingerprint density at radius 1 is 1.58 bits per heavy atom. The Labute approximate surface area is 73.7 Å². The summed E-state index contributed by atoms with van der Waals surface area (Å²) in [5.74, 6) is 0. The number of unbranched alkanes of at least 4 members (excludes halogenated alkanes) is 1. The molecule has 0 aromatic heterocycles. The lowest BCUT2D eigenvalue weighted by Crippen LogP contribution is -2.26. The zero-order chi connectivity index (χ0) is 8.81. The Morgan fingerprint density at radius 3 is 3.00 bits per heavy atom. The fourth-order valence-electron chi connectivity index (χ4n) is 1.24. The number of aliphatic hydroxyl groups excluding tert-OH is 1. The molecule has 0 saturated carbocycles. The van der Waals surface area contributed by atoms with Crippen LogP contribution in [-0.2, 0) is 9.47 Å². The number of ether oxygens (including phenoxy) is 2. The maximum atomic E-state index is 9.34. The van der Waals surface area contributed by atoms with Crippen LogP contribution in [0.15, 0.2) is 0 Å². The second-order valence-electron chi connectivity index (χ2n) is 3.19. The minimum absolute atomic E-state index is 0.0816. The third kappa shape index (κ3) is 3.09. The van der Waals surface area contributed by atoms with Crippen molar-refractivity contribution in [1.82, 2.24) is 0 Å². The zero-order valence-electron chi connectivity index (χ0n) is 7.66. The molecule has 1 fully saturated rings. The van der Waals surface area contributed by atoms with Gasteiger partial charge in [-0.3, -0.25) is 0 Å². The molecule has 72 valence electrons. The first kappa shape index (κ1) is 9.96. The summed E-state index contributed by atoms with van der Waals surface area (Å²) in [6, 6.07) is 0. The summed E-state index contributed by atoms with van der Waals surface area (Å²) in [5.41, 5.74) is 0. The van der Waals surface area contributed by atoms with Crippen LogP contribution in [0.2, 0.25) is 0 Å². The molecule has 12 heavy (non-hydrogen) atoms. The van der Waals surface area contributed by atoms with Crippen molar-refractivity contribution in [2.75, 3.05) is 19.8 Å². The fourth-order valence-corrected chi connectivity index (χ4v) is 1.24. The van der Waals surface area contributed by atoms with Crippen LogP contribution < -0.4 is 0 Å². The van der Waals surface area contributed by atoms with Crippen LogP contribution in [0, 0.1) is 0 Å². The van der Waals surface area contributed by atoms with Gasteiger partial charge >= 0.3 is 0 Å². The summed E-state index contributed by atoms with van der Waals surface area (Å²) in [4.78, 5) is 0. The maximum Gasteiger partial charge on any atom is 0.107 e. The second kappa shape index (κ2) is 5.51. The Bertz CT molecular complexity index is 116. The van der Waals surface area contributed by atoms with E-state index >= 15 is 0 Å². The summed E-state index contributed by atoms with van der Waals surface area (Å²) in [5, 5.41) is 9.34.